The van der Waals surface area contributed by atoms with Gasteiger partial charge in [0, 0.05) is 12.1 Å². The Morgan fingerprint density at radius 3 is 2.44 bits per heavy atom. The molecule has 142 valence electrons. The van der Waals surface area contributed by atoms with Crippen LogP contribution in [0.5, 0.6) is 5.75 Å². The van der Waals surface area contributed by atoms with Crippen molar-refractivity contribution in [2.75, 3.05) is 6.61 Å². The zero-order valence-electron chi connectivity index (χ0n) is 15.3. The molecule has 0 heterocycles. The van der Waals surface area contributed by atoms with Crippen LogP contribution in [0, 0.1) is 10.1 Å². The van der Waals surface area contributed by atoms with Gasteiger partial charge in [0.25, 0.3) is 11.6 Å². The highest BCUT2D eigenvalue weighted by molar-refractivity contribution is 6.01. The number of hydrazone groups is 1. The lowest BCUT2D eigenvalue weighted by molar-refractivity contribution is -0.384. The summed E-state index contributed by atoms with van der Waals surface area (Å²) < 4.78 is 5.34. The van der Waals surface area contributed by atoms with Crippen LogP contribution in [0.2, 0.25) is 0 Å². The molecule has 7 nitrogen and oxygen atoms in total. The van der Waals surface area contributed by atoms with Crippen molar-refractivity contribution in [2.24, 2.45) is 5.10 Å². The van der Waals surface area contributed by atoms with Crippen LogP contribution in [0.15, 0.2) is 59.7 Å². The van der Waals surface area contributed by atoms with E-state index in [0.717, 1.165) is 37.0 Å². The number of non-ortho nitro benzene ring substituents is 1. The van der Waals surface area contributed by atoms with Crippen LogP contribution in [0.3, 0.4) is 0 Å². The molecule has 0 radical (unpaired) electrons. The van der Waals surface area contributed by atoms with Gasteiger partial charge in [-0.15, -0.1) is 0 Å². The van der Waals surface area contributed by atoms with Gasteiger partial charge in [-0.3, -0.25) is 14.9 Å². The minimum atomic E-state index is -0.491. The maximum Gasteiger partial charge on any atom is 0.277 e. The quantitative estimate of drug-likeness (QED) is 0.295. The fourth-order valence-corrected chi connectivity index (χ4v) is 2.41. The first-order valence-electron chi connectivity index (χ1n) is 8.88. The topological polar surface area (TPSA) is 93.8 Å². The Bertz CT molecular complexity index is 774. The molecule has 0 saturated carbocycles. The zero-order chi connectivity index (χ0) is 19.5. The number of nitro groups is 1. The summed E-state index contributed by atoms with van der Waals surface area (Å²) in [5, 5.41) is 14.9. The number of nitrogens with one attached hydrogen (secondary N) is 1. The largest absolute Gasteiger partial charge is 0.484 e. The Kier molecular flexibility index (Phi) is 7.96. The number of nitrogens with zero attached hydrogens (tertiary/aromatic N) is 2. The molecule has 7 heteroatoms. The predicted molar refractivity (Wildman–Crippen MR) is 104 cm³/mol. The van der Waals surface area contributed by atoms with E-state index in [9.17, 15) is 14.9 Å². The van der Waals surface area contributed by atoms with Crippen LogP contribution in [-0.2, 0) is 4.79 Å². The number of amides is 1. The van der Waals surface area contributed by atoms with Gasteiger partial charge in [0.1, 0.15) is 5.75 Å². The van der Waals surface area contributed by atoms with Crippen LogP contribution >= 0.6 is 0 Å². The highest BCUT2D eigenvalue weighted by Crippen LogP contribution is 2.17. The number of carbonyl (C=O) groups excluding carboxylic acids is 1. The average Bonchev–Trinajstić information content (AvgIpc) is 2.70. The first-order chi connectivity index (χ1) is 13.1. The molecule has 0 fully saturated rings. The van der Waals surface area contributed by atoms with Gasteiger partial charge in [0.15, 0.2) is 6.61 Å². The predicted octanol–water partition coefficient (Wildman–Crippen LogP) is 4.07. The van der Waals surface area contributed by atoms with Gasteiger partial charge in [0.05, 0.1) is 10.6 Å². The normalized spacial score (nSPS) is 11.1. The second-order valence-corrected chi connectivity index (χ2v) is 5.96. The van der Waals surface area contributed by atoms with Gasteiger partial charge in [0.2, 0.25) is 0 Å². The summed E-state index contributed by atoms with van der Waals surface area (Å²) in [7, 11) is 0. The van der Waals surface area contributed by atoms with Crippen LogP contribution < -0.4 is 10.2 Å². The lowest BCUT2D eigenvalue weighted by Gasteiger charge is -2.08. The number of rotatable bonds is 10. The van der Waals surface area contributed by atoms with E-state index in [1.165, 1.54) is 24.3 Å². The number of ether oxygens (including phenoxy) is 1. The summed E-state index contributed by atoms with van der Waals surface area (Å²) in [4.78, 5) is 22.1. The third-order valence-electron chi connectivity index (χ3n) is 3.86. The number of carbonyl (C=O) groups is 1. The lowest BCUT2D eigenvalue weighted by Crippen LogP contribution is -2.26. The van der Waals surface area contributed by atoms with E-state index in [4.69, 9.17) is 4.74 Å². The molecular weight excluding hydrogens is 346 g/mol. The molecule has 0 aliphatic heterocycles. The molecule has 0 aliphatic carbocycles. The van der Waals surface area contributed by atoms with Gasteiger partial charge >= 0.3 is 0 Å². The van der Waals surface area contributed by atoms with Gasteiger partial charge in [-0.05, 0) is 30.5 Å². The second kappa shape index (κ2) is 10.7. The standard InChI is InChI=1S/C20H23N3O4/c1-2-3-5-10-19(16-8-6-4-7-9-16)21-22-20(24)15-27-18-13-11-17(12-14-18)23(25)26/h4,6-9,11-14H,2-3,5,10,15H2,1H3,(H,22,24)/b21-19+. The Balaban J connectivity index is 1.91. The maximum atomic E-state index is 12.0. The highest BCUT2D eigenvalue weighted by atomic mass is 16.6. The molecule has 0 spiro atoms. The van der Waals surface area contributed by atoms with Gasteiger partial charge in [-0.2, -0.15) is 5.10 Å². The van der Waals surface area contributed by atoms with Crippen molar-refractivity contribution in [3.05, 3.63) is 70.3 Å². The summed E-state index contributed by atoms with van der Waals surface area (Å²) >= 11 is 0. The zero-order valence-corrected chi connectivity index (χ0v) is 15.3. The molecule has 2 aromatic carbocycles. The molecule has 0 bridgehead atoms. The van der Waals surface area contributed by atoms with Gasteiger partial charge < -0.3 is 4.74 Å². The molecule has 0 saturated heterocycles. The van der Waals surface area contributed by atoms with Gasteiger partial charge in [-0.25, -0.2) is 5.43 Å². The fourth-order valence-electron chi connectivity index (χ4n) is 2.41. The Hall–Kier alpha value is -3.22. The molecule has 0 aromatic heterocycles. The van der Waals surface area contributed by atoms with E-state index in [1.54, 1.807) is 0 Å². The van der Waals surface area contributed by atoms with Crippen molar-refractivity contribution in [1.29, 1.82) is 0 Å². The van der Waals surface area contributed by atoms with E-state index in [0.29, 0.717) is 5.75 Å². The first kappa shape index (κ1) is 20.1. The van der Waals surface area contributed by atoms with E-state index in [-0.39, 0.29) is 12.3 Å². The molecule has 2 rings (SSSR count). The first-order valence-corrected chi connectivity index (χ1v) is 8.88. The number of hydrogen-bond donors (Lipinski definition) is 1. The summed E-state index contributed by atoms with van der Waals surface area (Å²) in [6, 6.07) is 15.3. The molecule has 1 N–H and O–H groups in total. The SMILES string of the molecule is CCCCC/C(=N\NC(=O)COc1ccc([N+](=O)[O-])cc1)c1ccccc1. The lowest BCUT2D eigenvalue weighted by atomic mass is 10.0. The molecule has 0 atom stereocenters. The highest BCUT2D eigenvalue weighted by Gasteiger charge is 2.08. The van der Waals surface area contributed by atoms with Crippen LogP contribution in [-0.4, -0.2) is 23.1 Å². The minimum Gasteiger partial charge on any atom is -0.484 e. The number of unbranched alkanes of at least 4 members (excludes halogenated alkanes) is 2. The smallest absolute Gasteiger partial charge is 0.277 e. The van der Waals surface area contributed by atoms with Crippen molar-refractivity contribution >= 4 is 17.3 Å². The number of hydrogen-bond acceptors (Lipinski definition) is 5. The Labute approximate surface area is 158 Å². The summed E-state index contributed by atoms with van der Waals surface area (Å²) in [5.74, 6) is -0.0109. The van der Waals surface area contributed by atoms with Crippen LogP contribution in [0.1, 0.15) is 38.2 Å². The minimum absolute atomic E-state index is 0.0315. The molecule has 27 heavy (non-hydrogen) atoms. The van der Waals surface area contributed by atoms with Crippen molar-refractivity contribution in [2.45, 2.75) is 32.6 Å². The Morgan fingerprint density at radius 2 is 1.81 bits per heavy atom. The molecule has 1 amide bonds. The monoisotopic (exact) mass is 369 g/mol. The third kappa shape index (κ3) is 6.89. The van der Waals surface area contributed by atoms with Crippen molar-refractivity contribution < 1.29 is 14.5 Å². The Morgan fingerprint density at radius 1 is 1.11 bits per heavy atom. The third-order valence-corrected chi connectivity index (χ3v) is 3.86. The summed E-state index contributed by atoms with van der Waals surface area (Å²) in [6.45, 7) is 1.91. The fraction of sp³-hybridized carbons (Fsp3) is 0.300. The number of benzene rings is 2. The second-order valence-electron chi connectivity index (χ2n) is 5.96. The van der Waals surface area contributed by atoms with Crippen molar-refractivity contribution in [1.82, 2.24) is 5.43 Å². The van der Waals surface area contributed by atoms with E-state index >= 15 is 0 Å². The average molecular weight is 369 g/mol. The van der Waals surface area contributed by atoms with E-state index < -0.39 is 10.8 Å². The van der Waals surface area contributed by atoms with Crippen molar-refractivity contribution in [3.63, 3.8) is 0 Å². The van der Waals surface area contributed by atoms with Crippen molar-refractivity contribution in [3.8, 4) is 5.75 Å². The van der Waals surface area contributed by atoms with E-state index in [1.807, 2.05) is 30.3 Å². The van der Waals surface area contributed by atoms with Crippen LogP contribution in [0.4, 0.5) is 5.69 Å². The molecular formula is C20H23N3O4. The van der Waals surface area contributed by atoms with Gasteiger partial charge in [-0.1, -0.05) is 50.1 Å². The number of nitro benzene ring substituents is 1. The molecule has 0 unspecified atom stereocenters. The summed E-state index contributed by atoms with van der Waals surface area (Å²) in [5.41, 5.74) is 4.30. The van der Waals surface area contributed by atoms with Crippen LogP contribution in [0.25, 0.3) is 0 Å². The molecule has 0 aliphatic rings. The summed E-state index contributed by atoms with van der Waals surface area (Å²) in [6.07, 6.45) is 3.99. The molecule has 2 aromatic rings. The maximum absolute atomic E-state index is 12.0. The van der Waals surface area contributed by atoms with E-state index in [2.05, 4.69) is 17.5 Å².